The number of amides is 2. The van der Waals surface area contributed by atoms with E-state index < -0.39 is 0 Å². The smallest absolute Gasteiger partial charge is 0.264 e. The molecule has 0 radical (unpaired) electrons. The minimum atomic E-state index is 0.107. The molecule has 4 aromatic rings. The summed E-state index contributed by atoms with van der Waals surface area (Å²) in [5.41, 5.74) is 3.11. The van der Waals surface area contributed by atoms with Gasteiger partial charge in [0.15, 0.2) is 0 Å². The third-order valence-corrected chi connectivity index (χ3v) is 8.21. The van der Waals surface area contributed by atoms with E-state index in [2.05, 4.69) is 35.2 Å². The van der Waals surface area contributed by atoms with E-state index >= 15 is 0 Å². The number of nitrogens with zero attached hydrogens (tertiary/aromatic N) is 3. The SMILES string of the molecule is O=C(c1ccccc1)N1CCN(C2CN(C(=O)c3cc4ccc(-c5ccccc5)cc4s3)C2)CC1. The molecule has 35 heavy (non-hydrogen) atoms. The maximum Gasteiger partial charge on any atom is 0.264 e. The molecule has 176 valence electrons. The zero-order chi connectivity index (χ0) is 23.8. The van der Waals surface area contributed by atoms with E-state index in [9.17, 15) is 9.59 Å². The summed E-state index contributed by atoms with van der Waals surface area (Å²) in [6.45, 7) is 4.70. The van der Waals surface area contributed by atoms with E-state index in [1.54, 1.807) is 11.3 Å². The molecule has 0 bridgehead atoms. The first-order chi connectivity index (χ1) is 17.2. The van der Waals surface area contributed by atoms with Gasteiger partial charge in [-0.2, -0.15) is 0 Å². The van der Waals surface area contributed by atoms with Crippen LogP contribution in [0.1, 0.15) is 20.0 Å². The summed E-state index contributed by atoms with van der Waals surface area (Å²) < 4.78 is 1.14. The van der Waals surface area contributed by atoms with Crippen molar-refractivity contribution < 1.29 is 9.59 Å². The topological polar surface area (TPSA) is 43.9 Å². The maximum absolute atomic E-state index is 13.1. The van der Waals surface area contributed by atoms with Crippen LogP contribution in [0.5, 0.6) is 0 Å². The first-order valence-corrected chi connectivity index (χ1v) is 12.9. The van der Waals surface area contributed by atoms with Gasteiger partial charge in [-0.1, -0.05) is 60.7 Å². The molecule has 3 aromatic carbocycles. The number of likely N-dealkylation sites (tertiary alicyclic amines) is 1. The number of carbonyl (C=O) groups is 2. The molecular formula is C29H27N3O2S. The minimum absolute atomic E-state index is 0.107. The molecule has 2 fully saturated rings. The molecule has 2 aliphatic heterocycles. The Morgan fingerprint density at radius 2 is 1.37 bits per heavy atom. The van der Waals surface area contributed by atoms with Crippen LogP contribution < -0.4 is 0 Å². The highest BCUT2D eigenvalue weighted by Gasteiger charge is 2.37. The van der Waals surface area contributed by atoms with E-state index in [1.165, 1.54) is 11.1 Å². The first kappa shape index (κ1) is 22.0. The number of rotatable bonds is 4. The van der Waals surface area contributed by atoms with Gasteiger partial charge in [0.05, 0.1) is 4.88 Å². The lowest BCUT2D eigenvalue weighted by atomic mass is 10.0. The largest absolute Gasteiger partial charge is 0.336 e. The van der Waals surface area contributed by atoms with Crippen molar-refractivity contribution in [1.82, 2.24) is 14.7 Å². The van der Waals surface area contributed by atoms with Gasteiger partial charge >= 0.3 is 0 Å². The number of carbonyl (C=O) groups excluding carboxylic acids is 2. The van der Waals surface area contributed by atoms with Gasteiger partial charge in [-0.3, -0.25) is 14.5 Å². The molecule has 0 atom stereocenters. The molecule has 0 spiro atoms. The quantitative estimate of drug-likeness (QED) is 0.419. The average Bonchev–Trinajstić information content (AvgIpc) is 3.32. The number of fused-ring (bicyclic) bond motifs is 1. The standard InChI is InChI=1S/C29H27N3O2S/c33-28(22-9-5-2-6-10-22)31-15-13-30(14-16-31)25-19-32(20-25)29(34)27-18-24-12-11-23(17-26(24)35-27)21-7-3-1-4-8-21/h1-12,17-18,25H,13-16,19-20H2. The van der Waals surface area contributed by atoms with Crippen LogP contribution in [0.3, 0.4) is 0 Å². The second-order valence-electron chi connectivity index (χ2n) is 9.29. The van der Waals surface area contributed by atoms with Crippen LogP contribution in [0.25, 0.3) is 21.2 Å². The Bertz CT molecular complexity index is 1350. The second kappa shape index (κ2) is 9.29. The van der Waals surface area contributed by atoms with Crippen molar-refractivity contribution in [3.63, 3.8) is 0 Å². The monoisotopic (exact) mass is 481 g/mol. The molecule has 6 rings (SSSR count). The van der Waals surface area contributed by atoms with Gasteiger partial charge in [-0.15, -0.1) is 11.3 Å². The predicted molar refractivity (Wildman–Crippen MR) is 141 cm³/mol. The van der Waals surface area contributed by atoms with Crippen LogP contribution in [-0.2, 0) is 0 Å². The van der Waals surface area contributed by atoms with Crippen LogP contribution in [-0.4, -0.2) is 71.8 Å². The molecule has 2 aliphatic rings. The Morgan fingerprint density at radius 3 is 2.09 bits per heavy atom. The molecular weight excluding hydrogens is 454 g/mol. The van der Waals surface area contributed by atoms with Crippen LogP contribution in [0.15, 0.2) is 84.9 Å². The van der Waals surface area contributed by atoms with E-state index in [-0.39, 0.29) is 11.8 Å². The highest BCUT2D eigenvalue weighted by Crippen LogP contribution is 2.32. The average molecular weight is 482 g/mol. The fourth-order valence-electron chi connectivity index (χ4n) is 5.01. The summed E-state index contributed by atoms with van der Waals surface area (Å²) >= 11 is 1.58. The molecule has 0 aliphatic carbocycles. The summed E-state index contributed by atoms with van der Waals surface area (Å²) in [5, 5.41) is 1.12. The second-order valence-corrected chi connectivity index (χ2v) is 10.4. The molecule has 3 heterocycles. The molecule has 2 saturated heterocycles. The van der Waals surface area contributed by atoms with E-state index in [0.717, 1.165) is 59.8 Å². The Kier molecular flexibility index (Phi) is 5.84. The Labute approximate surface area is 209 Å². The number of benzene rings is 3. The zero-order valence-corrected chi connectivity index (χ0v) is 20.3. The molecule has 1 aromatic heterocycles. The summed E-state index contributed by atoms with van der Waals surface area (Å²) in [6, 6.07) is 28.7. The predicted octanol–water partition coefficient (Wildman–Crippen LogP) is 4.85. The highest BCUT2D eigenvalue weighted by atomic mass is 32.1. The molecule has 0 unspecified atom stereocenters. The molecule has 6 heteroatoms. The van der Waals surface area contributed by atoms with Crippen LogP contribution in [0.2, 0.25) is 0 Å². The number of hydrogen-bond acceptors (Lipinski definition) is 4. The summed E-state index contributed by atoms with van der Waals surface area (Å²) in [4.78, 5) is 33.0. The number of piperazine rings is 1. The first-order valence-electron chi connectivity index (χ1n) is 12.1. The summed E-state index contributed by atoms with van der Waals surface area (Å²) in [5.74, 6) is 0.234. The minimum Gasteiger partial charge on any atom is -0.336 e. The van der Waals surface area contributed by atoms with Gasteiger partial charge in [0.25, 0.3) is 11.8 Å². The summed E-state index contributed by atoms with van der Waals surface area (Å²) in [7, 11) is 0. The lowest BCUT2D eigenvalue weighted by Crippen LogP contribution is -2.64. The normalized spacial score (nSPS) is 16.9. The van der Waals surface area contributed by atoms with Crippen molar-refractivity contribution in [2.45, 2.75) is 6.04 Å². The van der Waals surface area contributed by atoms with Crippen molar-refractivity contribution in [3.8, 4) is 11.1 Å². The molecule has 0 N–H and O–H groups in total. The molecule has 0 saturated carbocycles. The van der Waals surface area contributed by atoms with Crippen molar-refractivity contribution in [2.75, 3.05) is 39.3 Å². The highest BCUT2D eigenvalue weighted by molar-refractivity contribution is 7.20. The lowest BCUT2D eigenvalue weighted by molar-refractivity contribution is 0.00880. The van der Waals surface area contributed by atoms with Crippen LogP contribution in [0.4, 0.5) is 0 Å². The maximum atomic E-state index is 13.1. The van der Waals surface area contributed by atoms with Gasteiger partial charge < -0.3 is 9.80 Å². The Hall–Kier alpha value is -3.48. The van der Waals surface area contributed by atoms with Crippen LogP contribution >= 0.6 is 11.3 Å². The van der Waals surface area contributed by atoms with Gasteiger partial charge in [0, 0.05) is 55.6 Å². The van der Waals surface area contributed by atoms with Gasteiger partial charge in [0.1, 0.15) is 0 Å². The van der Waals surface area contributed by atoms with Crippen molar-refractivity contribution >= 4 is 33.2 Å². The van der Waals surface area contributed by atoms with Crippen LogP contribution in [0, 0.1) is 0 Å². The van der Waals surface area contributed by atoms with E-state index in [4.69, 9.17) is 0 Å². The molecule has 2 amide bonds. The van der Waals surface area contributed by atoms with Gasteiger partial charge in [0.2, 0.25) is 0 Å². The van der Waals surface area contributed by atoms with Gasteiger partial charge in [-0.25, -0.2) is 0 Å². The third kappa shape index (κ3) is 4.35. The fourth-order valence-corrected chi connectivity index (χ4v) is 6.08. The summed E-state index contributed by atoms with van der Waals surface area (Å²) in [6.07, 6.45) is 0. The van der Waals surface area contributed by atoms with E-state index in [1.807, 2.05) is 64.4 Å². The van der Waals surface area contributed by atoms with Crippen molar-refractivity contribution in [2.24, 2.45) is 0 Å². The van der Waals surface area contributed by atoms with E-state index in [0.29, 0.717) is 6.04 Å². The van der Waals surface area contributed by atoms with Crippen molar-refractivity contribution in [3.05, 3.63) is 95.4 Å². The molecule has 5 nitrogen and oxygen atoms in total. The van der Waals surface area contributed by atoms with Crippen molar-refractivity contribution in [1.29, 1.82) is 0 Å². The zero-order valence-electron chi connectivity index (χ0n) is 19.5. The third-order valence-electron chi connectivity index (χ3n) is 7.13. The fraction of sp³-hybridized carbons (Fsp3) is 0.241. The number of thiophene rings is 1. The Balaban J connectivity index is 1.05. The Morgan fingerprint density at radius 1 is 0.686 bits per heavy atom. The lowest BCUT2D eigenvalue weighted by Gasteiger charge is -2.48. The number of hydrogen-bond donors (Lipinski definition) is 0. The van der Waals surface area contributed by atoms with Gasteiger partial charge in [-0.05, 0) is 40.8 Å².